The van der Waals surface area contributed by atoms with Crippen LogP contribution in [0, 0.1) is 46.3 Å². The molecule has 3 N–H and O–H groups in total. The number of hydrogen-bond donors (Lipinski definition) is 3. The van der Waals surface area contributed by atoms with E-state index >= 15 is 0 Å². The Balaban J connectivity index is 1.26. The van der Waals surface area contributed by atoms with Crippen molar-refractivity contribution in [1.82, 2.24) is 10.2 Å². The van der Waals surface area contributed by atoms with Crippen molar-refractivity contribution < 1.29 is 15.0 Å². The predicted octanol–water partition coefficient (Wildman–Crippen LogP) is 4.88. The third kappa shape index (κ3) is 4.06. The number of nitrogens with one attached hydrogen (secondary N) is 1. The number of aromatic nitrogens is 2. The van der Waals surface area contributed by atoms with E-state index in [-0.39, 0.29) is 28.9 Å². The molecule has 0 spiro atoms. The lowest BCUT2D eigenvalue weighted by Gasteiger charge is -2.62. The van der Waals surface area contributed by atoms with Crippen LogP contribution in [0.3, 0.4) is 0 Å². The number of anilines is 1. The third-order valence-corrected chi connectivity index (χ3v) is 11.5. The van der Waals surface area contributed by atoms with Gasteiger partial charge >= 0.3 is 0 Å². The van der Waals surface area contributed by atoms with Crippen molar-refractivity contribution in [2.45, 2.75) is 97.2 Å². The molecular weight excluding hydrogens is 434 g/mol. The van der Waals surface area contributed by atoms with Crippen LogP contribution in [0.1, 0.15) is 85.0 Å². The summed E-state index contributed by atoms with van der Waals surface area (Å²) in [6, 6.07) is 0. The fourth-order valence-electron chi connectivity index (χ4n) is 9.14. The average Bonchev–Trinajstić information content (AvgIpc) is 3.40. The number of carbonyl (C=O) groups excluding carboxylic acids is 1. The summed E-state index contributed by atoms with van der Waals surface area (Å²) in [4.78, 5) is 12.4. The van der Waals surface area contributed by atoms with Crippen LogP contribution in [-0.4, -0.2) is 38.5 Å². The van der Waals surface area contributed by atoms with Gasteiger partial charge in [0, 0.05) is 6.42 Å². The van der Waals surface area contributed by atoms with Gasteiger partial charge in [-0.25, -0.2) is 0 Å². The van der Waals surface area contributed by atoms with Gasteiger partial charge in [-0.15, -0.1) is 10.2 Å². The van der Waals surface area contributed by atoms with E-state index in [2.05, 4.69) is 36.3 Å². The molecule has 0 bridgehead atoms. The minimum atomic E-state index is -0.227. The fraction of sp³-hybridized carbons (Fsp3) is 0.885. The van der Waals surface area contributed by atoms with Crippen molar-refractivity contribution in [1.29, 1.82) is 0 Å². The fourth-order valence-corrected chi connectivity index (χ4v) is 9.61. The Morgan fingerprint density at radius 1 is 1.15 bits per heavy atom. The van der Waals surface area contributed by atoms with Gasteiger partial charge in [0.1, 0.15) is 5.51 Å². The average molecular weight is 476 g/mol. The molecule has 33 heavy (non-hydrogen) atoms. The van der Waals surface area contributed by atoms with Gasteiger partial charge in [-0.1, -0.05) is 32.1 Å². The lowest BCUT2D eigenvalue weighted by Crippen LogP contribution is -2.58. The third-order valence-electron chi connectivity index (χ3n) is 10.8. The lowest BCUT2D eigenvalue weighted by molar-refractivity contribution is -0.174. The van der Waals surface area contributed by atoms with E-state index in [0.29, 0.717) is 47.1 Å². The van der Waals surface area contributed by atoms with Crippen molar-refractivity contribution in [2.24, 2.45) is 46.3 Å². The normalized spacial score (nSPS) is 45.5. The van der Waals surface area contributed by atoms with Gasteiger partial charge in [-0.05, 0) is 104 Å². The first-order valence-electron chi connectivity index (χ1n) is 13.1. The van der Waals surface area contributed by atoms with Gasteiger partial charge in [-0.3, -0.25) is 4.79 Å². The number of aliphatic hydroxyl groups is 2. The highest BCUT2D eigenvalue weighted by molar-refractivity contribution is 7.13. The second-order valence-electron chi connectivity index (χ2n) is 12.3. The Morgan fingerprint density at radius 2 is 1.91 bits per heavy atom. The number of rotatable bonds is 5. The van der Waals surface area contributed by atoms with Crippen LogP contribution in [-0.2, 0) is 4.79 Å². The zero-order valence-electron chi connectivity index (χ0n) is 20.4. The van der Waals surface area contributed by atoms with Crippen LogP contribution in [0.15, 0.2) is 5.51 Å². The maximum atomic E-state index is 12.4. The molecule has 0 aliphatic heterocycles. The van der Waals surface area contributed by atoms with E-state index in [4.69, 9.17) is 0 Å². The molecule has 0 aromatic carbocycles. The molecule has 6 nitrogen and oxygen atoms in total. The van der Waals surface area contributed by atoms with E-state index in [0.717, 1.165) is 32.1 Å². The molecule has 5 rings (SSSR count). The lowest BCUT2D eigenvalue weighted by atomic mass is 9.43. The monoisotopic (exact) mass is 475 g/mol. The summed E-state index contributed by atoms with van der Waals surface area (Å²) in [5.74, 6) is 3.17. The highest BCUT2D eigenvalue weighted by Gasteiger charge is 2.62. The quantitative estimate of drug-likeness (QED) is 0.564. The standard InChI is InChI=1S/C26H41N3O3S/c1-15(4-7-22(32)28-24-29-27-14-33-24)18-5-6-19-23-20(9-11-26(18,19)3)25(2)10-8-17(30)12-16(25)13-21(23)31/h14-21,23,30-31H,4-13H2,1-3H3,(H,28,29,32). The molecule has 10 atom stereocenters. The van der Waals surface area contributed by atoms with Crippen molar-refractivity contribution in [3.8, 4) is 0 Å². The number of carbonyl (C=O) groups is 1. The van der Waals surface area contributed by atoms with E-state index < -0.39 is 0 Å². The number of fused-ring (bicyclic) bond motifs is 5. The van der Waals surface area contributed by atoms with Crippen molar-refractivity contribution in [3.05, 3.63) is 5.51 Å². The molecular formula is C26H41N3O3S. The summed E-state index contributed by atoms with van der Waals surface area (Å²) in [7, 11) is 0. The van der Waals surface area contributed by atoms with Crippen LogP contribution in [0.4, 0.5) is 5.13 Å². The molecule has 0 saturated heterocycles. The molecule has 1 amide bonds. The summed E-state index contributed by atoms with van der Waals surface area (Å²) in [6.07, 6.45) is 9.66. The molecule has 4 saturated carbocycles. The van der Waals surface area contributed by atoms with E-state index in [1.165, 1.54) is 37.0 Å². The SMILES string of the molecule is CC(CCC(=O)Nc1nncs1)C1CCC2C3C(O)CC4CC(O)CCC4(C)C3CCC12C. The van der Waals surface area contributed by atoms with Crippen LogP contribution in [0.5, 0.6) is 0 Å². The zero-order valence-corrected chi connectivity index (χ0v) is 21.2. The molecule has 1 heterocycles. The summed E-state index contributed by atoms with van der Waals surface area (Å²) >= 11 is 1.35. The number of amides is 1. The predicted molar refractivity (Wildman–Crippen MR) is 130 cm³/mol. The minimum absolute atomic E-state index is 0.0307. The first-order valence-corrected chi connectivity index (χ1v) is 14.0. The summed E-state index contributed by atoms with van der Waals surface area (Å²) in [5, 5.41) is 32.8. The maximum absolute atomic E-state index is 12.4. The Kier molecular flexibility index (Phi) is 6.36. The van der Waals surface area contributed by atoms with Gasteiger partial charge in [0.15, 0.2) is 0 Å². The molecule has 184 valence electrons. The second-order valence-corrected chi connectivity index (χ2v) is 13.1. The summed E-state index contributed by atoms with van der Waals surface area (Å²) in [6.45, 7) is 7.30. The smallest absolute Gasteiger partial charge is 0.226 e. The first-order chi connectivity index (χ1) is 15.7. The number of aliphatic hydroxyl groups excluding tert-OH is 2. The Hall–Kier alpha value is -1.05. The number of hydrogen-bond acceptors (Lipinski definition) is 6. The van der Waals surface area contributed by atoms with Crippen LogP contribution < -0.4 is 5.32 Å². The van der Waals surface area contributed by atoms with Gasteiger partial charge < -0.3 is 15.5 Å². The molecule has 10 unspecified atom stereocenters. The van der Waals surface area contributed by atoms with E-state index in [9.17, 15) is 15.0 Å². The number of nitrogens with zero attached hydrogens (tertiary/aromatic N) is 2. The Labute approximate surface area is 202 Å². The van der Waals surface area contributed by atoms with Crippen molar-refractivity contribution in [3.63, 3.8) is 0 Å². The van der Waals surface area contributed by atoms with Crippen molar-refractivity contribution in [2.75, 3.05) is 5.32 Å². The maximum Gasteiger partial charge on any atom is 0.226 e. The molecule has 7 heteroatoms. The molecule has 4 aliphatic rings. The molecule has 1 aromatic rings. The zero-order chi connectivity index (χ0) is 23.4. The molecule has 1 aromatic heterocycles. The molecule has 4 aliphatic carbocycles. The van der Waals surface area contributed by atoms with E-state index in [1.807, 2.05) is 0 Å². The summed E-state index contributed by atoms with van der Waals surface area (Å²) in [5.41, 5.74) is 2.16. The highest BCUT2D eigenvalue weighted by Crippen LogP contribution is 2.68. The largest absolute Gasteiger partial charge is 0.393 e. The van der Waals surface area contributed by atoms with Crippen molar-refractivity contribution >= 4 is 22.4 Å². The van der Waals surface area contributed by atoms with Crippen LogP contribution >= 0.6 is 11.3 Å². The molecule has 0 radical (unpaired) electrons. The van der Waals surface area contributed by atoms with Gasteiger partial charge in [0.25, 0.3) is 0 Å². The minimum Gasteiger partial charge on any atom is -0.393 e. The topological polar surface area (TPSA) is 95.3 Å². The van der Waals surface area contributed by atoms with Crippen LogP contribution in [0.25, 0.3) is 0 Å². The van der Waals surface area contributed by atoms with Gasteiger partial charge in [-0.2, -0.15) is 0 Å². The van der Waals surface area contributed by atoms with Gasteiger partial charge in [0.2, 0.25) is 11.0 Å². The summed E-state index contributed by atoms with van der Waals surface area (Å²) < 4.78 is 0. The Morgan fingerprint density at radius 3 is 2.67 bits per heavy atom. The van der Waals surface area contributed by atoms with Crippen LogP contribution in [0.2, 0.25) is 0 Å². The van der Waals surface area contributed by atoms with Gasteiger partial charge in [0.05, 0.1) is 12.2 Å². The van der Waals surface area contributed by atoms with E-state index in [1.54, 1.807) is 5.51 Å². The Bertz CT molecular complexity index is 850. The second kappa shape index (κ2) is 8.87. The molecule has 4 fully saturated rings. The first kappa shape index (κ1) is 23.7. The highest BCUT2D eigenvalue weighted by atomic mass is 32.1.